The van der Waals surface area contributed by atoms with Crippen molar-refractivity contribution in [2.24, 2.45) is 5.73 Å². The highest BCUT2D eigenvalue weighted by molar-refractivity contribution is 5.35. The lowest BCUT2D eigenvalue weighted by Gasteiger charge is -2.34. The molecule has 0 aliphatic heterocycles. The van der Waals surface area contributed by atoms with Crippen molar-refractivity contribution in [2.45, 2.75) is 39.3 Å². The third-order valence-electron chi connectivity index (χ3n) is 3.15. The van der Waals surface area contributed by atoms with Crippen LogP contribution in [0.5, 0.6) is 5.75 Å². The van der Waals surface area contributed by atoms with Crippen molar-refractivity contribution in [2.75, 3.05) is 20.2 Å². The summed E-state index contributed by atoms with van der Waals surface area (Å²) in [5.74, 6) is 0.943. The summed E-state index contributed by atoms with van der Waals surface area (Å²) in [5.41, 5.74) is 7.15. The molecule has 0 spiro atoms. The third-order valence-corrected chi connectivity index (χ3v) is 3.15. The van der Waals surface area contributed by atoms with Crippen LogP contribution in [-0.4, -0.2) is 30.6 Å². The van der Waals surface area contributed by atoms with E-state index in [0.29, 0.717) is 6.04 Å². The molecule has 2 N–H and O–H groups in total. The molecule has 0 aromatic heterocycles. The van der Waals surface area contributed by atoms with Gasteiger partial charge in [0.05, 0.1) is 7.11 Å². The van der Waals surface area contributed by atoms with Gasteiger partial charge in [-0.05, 0) is 33.4 Å². The standard InChI is InChI=1S/C15H26N2O/c1-6-17(11-15(3,4)16)12(2)13-9-7-8-10-14(13)18-5/h7-10,12H,6,11,16H2,1-5H3/t12-/m0/s1. The highest BCUT2D eigenvalue weighted by Crippen LogP contribution is 2.29. The molecule has 3 heteroatoms. The fraction of sp³-hybridized carbons (Fsp3) is 0.600. The van der Waals surface area contributed by atoms with Gasteiger partial charge in [0.1, 0.15) is 5.75 Å². The van der Waals surface area contributed by atoms with E-state index in [-0.39, 0.29) is 5.54 Å². The molecule has 0 fully saturated rings. The number of nitrogens with two attached hydrogens (primary N) is 1. The van der Waals surface area contributed by atoms with E-state index in [2.05, 4.69) is 44.7 Å². The Kier molecular flexibility index (Phi) is 5.17. The number of benzene rings is 1. The van der Waals surface area contributed by atoms with E-state index in [4.69, 9.17) is 10.5 Å². The Morgan fingerprint density at radius 3 is 2.44 bits per heavy atom. The minimum Gasteiger partial charge on any atom is -0.496 e. The molecule has 1 aromatic carbocycles. The summed E-state index contributed by atoms with van der Waals surface area (Å²) < 4.78 is 5.43. The van der Waals surface area contributed by atoms with Crippen molar-refractivity contribution in [3.05, 3.63) is 29.8 Å². The van der Waals surface area contributed by atoms with Crippen molar-refractivity contribution in [3.8, 4) is 5.75 Å². The van der Waals surface area contributed by atoms with Gasteiger partial charge >= 0.3 is 0 Å². The van der Waals surface area contributed by atoms with Crippen molar-refractivity contribution < 1.29 is 4.74 Å². The molecule has 0 radical (unpaired) electrons. The second-order valence-corrected chi connectivity index (χ2v) is 5.47. The Hall–Kier alpha value is -1.06. The zero-order chi connectivity index (χ0) is 13.8. The topological polar surface area (TPSA) is 38.5 Å². The molecule has 0 bridgehead atoms. The maximum absolute atomic E-state index is 6.13. The molecule has 0 heterocycles. The second-order valence-electron chi connectivity index (χ2n) is 5.47. The number of nitrogens with zero attached hydrogens (tertiary/aromatic N) is 1. The maximum Gasteiger partial charge on any atom is 0.123 e. The van der Waals surface area contributed by atoms with Gasteiger partial charge in [0.25, 0.3) is 0 Å². The van der Waals surface area contributed by atoms with Gasteiger partial charge in [-0.1, -0.05) is 25.1 Å². The van der Waals surface area contributed by atoms with Crippen LogP contribution in [-0.2, 0) is 0 Å². The molecule has 18 heavy (non-hydrogen) atoms. The average Bonchev–Trinajstić information content (AvgIpc) is 2.34. The van der Waals surface area contributed by atoms with Gasteiger partial charge in [0, 0.05) is 23.7 Å². The van der Waals surface area contributed by atoms with Gasteiger partial charge in [-0.15, -0.1) is 0 Å². The lowest BCUT2D eigenvalue weighted by atomic mass is 10.0. The van der Waals surface area contributed by atoms with Crippen LogP contribution in [0.25, 0.3) is 0 Å². The van der Waals surface area contributed by atoms with E-state index in [0.717, 1.165) is 18.8 Å². The molecule has 0 saturated heterocycles. The Labute approximate surface area is 111 Å². The minimum absolute atomic E-state index is 0.188. The van der Waals surface area contributed by atoms with Crippen molar-refractivity contribution in [1.29, 1.82) is 0 Å². The first-order chi connectivity index (χ1) is 8.39. The molecular weight excluding hydrogens is 224 g/mol. The Bertz CT molecular complexity index is 371. The molecule has 0 unspecified atom stereocenters. The fourth-order valence-corrected chi connectivity index (χ4v) is 2.25. The van der Waals surface area contributed by atoms with Gasteiger partial charge < -0.3 is 10.5 Å². The second kappa shape index (κ2) is 6.21. The summed E-state index contributed by atoms with van der Waals surface area (Å²) >= 11 is 0. The van der Waals surface area contributed by atoms with E-state index >= 15 is 0 Å². The van der Waals surface area contributed by atoms with Gasteiger partial charge in [0.2, 0.25) is 0 Å². The predicted octanol–water partition coefficient (Wildman–Crippen LogP) is 2.82. The number of rotatable bonds is 6. The van der Waals surface area contributed by atoms with Gasteiger partial charge in [-0.3, -0.25) is 4.90 Å². The quantitative estimate of drug-likeness (QED) is 0.843. The SMILES string of the molecule is CCN(CC(C)(C)N)[C@@H](C)c1ccccc1OC. The summed E-state index contributed by atoms with van der Waals surface area (Å²) in [5, 5.41) is 0. The van der Waals surface area contributed by atoms with E-state index in [1.165, 1.54) is 5.56 Å². The number of para-hydroxylation sites is 1. The zero-order valence-corrected chi connectivity index (χ0v) is 12.2. The van der Waals surface area contributed by atoms with Crippen LogP contribution >= 0.6 is 0 Å². The Balaban J connectivity index is 2.92. The summed E-state index contributed by atoms with van der Waals surface area (Å²) in [6, 6.07) is 8.48. The molecular formula is C15H26N2O. The zero-order valence-electron chi connectivity index (χ0n) is 12.2. The molecule has 3 nitrogen and oxygen atoms in total. The Morgan fingerprint density at radius 2 is 1.94 bits per heavy atom. The molecule has 1 rings (SSSR count). The summed E-state index contributed by atoms with van der Waals surface area (Å²) in [7, 11) is 1.72. The largest absolute Gasteiger partial charge is 0.496 e. The van der Waals surface area contributed by atoms with Crippen LogP contribution < -0.4 is 10.5 Å². The van der Waals surface area contributed by atoms with Crippen LogP contribution in [0.4, 0.5) is 0 Å². The maximum atomic E-state index is 6.13. The van der Waals surface area contributed by atoms with E-state index in [1.807, 2.05) is 12.1 Å². The number of hydrogen-bond acceptors (Lipinski definition) is 3. The lowest BCUT2D eigenvalue weighted by molar-refractivity contribution is 0.180. The smallest absolute Gasteiger partial charge is 0.123 e. The number of hydrogen-bond donors (Lipinski definition) is 1. The normalized spacial score (nSPS) is 13.7. The van der Waals surface area contributed by atoms with Crippen LogP contribution in [0.15, 0.2) is 24.3 Å². The Morgan fingerprint density at radius 1 is 1.33 bits per heavy atom. The number of methoxy groups -OCH3 is 1. The van der Waals surface area contributed by atoms with Crippen LogP contribution in [0.3, 0.4) is 0 Å². The van der Waals surface area contributed by atoms with Crippen molar-refractivity contribution in [1.82, 2.24) is 4.90 Å². The highest BCUT2D eigenvalue weighted by Gasteiger charge is 2.22. The average molecular weight is 250 g/mol. The molecule has 1 atom stereocenters. The first-order valence-corrected chi connectivity index (χ1v) is 6.55. The first kappa shape index (κ1) is 15.0. The van der Waals surface area contributed by atoms with Crippen molar-refractivity contribution >= 4 is 0 Å². The lowest BCUT2D eigenvalue weighted by Crippen LogP contribution is -2.46. The first-order valence-electron chi connectivity index (χ1n) is 6.55. The molecule has 102 valence electrons. The summed E-state index contributed by atoms with van der Waals surface area (Å²) in [4.78, 5) is 2.37. The highest BCUT2D eigenvalue weighted by atomic mass is 16.5. The third kappa shape index (κ3) is 4.00. The minimum atomic E-state index is -0.188. The molecule has 0 saturated carbocycles. The molecule has 0 amide bonds. The van der Waals surface area contributed by atoms with Gasteiger partial charge in [-0.25, -0.2) is 0 Å². The monoisotopic (exact) mass is 250 g/mol. The predicted molar refractivity (Wildman–Crippen MR) is 76.9 cm³/mol. The molecule has 0 aliphatic carbocycles. The van der Waals surface area contributed by atoms with Gasteiger partial charge in [0.15, 0.2) is 0 Å². The van der Waals surface area contributed by atoms with Crippen LogP contribution in [0, 0.1) is 0 Å². The van der Waals surface area contributed by atoms with E-state index in [1.54, 1.807) is 7.11 Å². The summed E-state index contributed by atoms with van der Waals surface area (Å²) in [6.45, 7) is 10.3. The van der Waals surface area contributed by atoms with Crippen molar-refractivity contribution in [3.63, 3.8) is 0 Å². The number of likely N-dealkylation sites (N-methyl/N-ethyl adjacent to an activating group) is 1. The fourth-order valence-electron chi connectivity index (χ4n) is 2.25. The van der Waals surface area contributed by atoms with Gasteiger partial charge in [-0.2, -0.15) is 0 Å². The van der Waals surface area contributed by atoms with E-state index < -0.39 is 0 Å². The molecule has 0 aliphatic rings. The van der Waals surface area contributed by atoms with Crippen LogP contribution in [0.1, 0.15) is 39.3 Å². The van der Waals surface area contributed by atoms with Crippen LogP contribution in [0.2, 0.25) is 0 Å². The van der Waals surface area contributed by atoms with E-state index in [9.17, 15) is 0 Å². The molecule has 1 aromatic rings. The number of ether oxygens (including phenoxy) is 1. The summed E-state index contributed by atoms with van der Waals surface area (Å²) in [6.07, 6.45) is 0.